The Morgan fingerprint density at radius 1 is 1.29 bits per heavy atom. The lowest BCUT2D eigenvalue weighted by Gasteiger charge is -2.02. The van der Waals surface area contributed by atoms with Crippen LogP contribution in [0.25, 0.3) is 10.9 Å². The van der Waals surface area contributed by atoms with E-state index in [-0.39, 0.29) is 23.4 Å². The third-order valence-electron chi connectivity index (χ3n) is 5.50. The van der Waals surface area contributed by atoms with Gasteiger partial charge in [0, 0.05) is 28.8 Å². The number of thioether (sulfide) groups is 1. The van der Waals surface area contributed by atoms with Crippen LogP contribution < -0.4 is 5.32 Å². The molecule has 1 aromatic carbocycles. The van der Waals surface area contributed by atoms with Gasteiger partial charge in [0.05, 0.1) is 23.4 Å². The van der Waals surface area contributed by atoms with Gasteiger partial charge < -0.3 is 9.30 Å². The van der Waals surface area contributed by atoms with Crippen molar-refractivity contribution in [3.05, 3.63) is 41.2 Å². The van der Waals surface area contributed by atoms with E-state index in [4.69, 9.17) is 4.74 Å². The number of hydrogen-bond acceptors (Lipinski definition) is 6. The molecule has 0 atom stereocenters. The van der Waals surface area contributed by atoms with Crippen LogP contribution in [0.5, 0.6) is 0 Å². The number of carbonyl (C=O) groups excluding carboxylic acids is 2. The van der Waals surface area contributed by atoms with Crippen LogP contribution in [0, 0.1) is 17.7 Å². The average molecular weight is 569 g/mol. The molecular formula is C24H27BrFN3O3S2. The largest absolute Gasteiger partial charge is 0.465 e. The number of nitrogens with zero attached hydrogens (tertiary/aromatic N) is 2. The Kier molecular flexibility index (Phi) is 8.65. The highest BCUT2D eigenvalue weighted by molar-refractivity contribution is 9.09. The van der Waals surface area contributed by atoms with Crippen molar-refractivity contribution in [2.75, 3.05) is 23.0 Å². The van der Waals surface area contributed by atoms with Gasteiger partial charge in [-0.1, -0.05) is 27.7 Å². The van der Waals surface area contributed by atoms with Crippen molar-refractivity contribution in [2.45, 2.75) is 44.2 Å². The Morgan fingerprint density at radius 3 is 2.71 bits per heavy atom. The Balaban J connectivity index is 0.000000486. The normalized spacial score (nSPS) is 15.0. The fraction of sp³-hybridized carbons (Fsp3) is 0.458. The number of carbonyl (C=O) groups is 2. The molecule has 2 aliphatic carbocycles. The van der Waals surface area contributed by atoms with Crippen LogP contribution in [0.3, 0.4) is 0 Å². The number of ether oxygens (including phenoxy) is 1. The summed E-state index contributed by atoms with van der Waals surface area (Å²) in [7, 11) is 0. The molecule has 0 unspecified atom stereocenters. The molecule has 2 heterocycles. The number of aromatic nitrogens is 2. The quantitative estimate of drug-likeness (QED) is 0.185. The summed E-state index contributed by atoms with van der Waals surface area (Å²) in [5, 5.41) is 7.65. The van der Waals surface area contributed by atoms with Crippen molar-refractivity contribution in [3.63, 3.8) is 0 Å². The van der Waals surface area contributed by atoms with Gasteiger partial charge in [0.15, 0.2) is 5.13 Å². The Hall–Kier alpha value is -1.91. The maximum absolute atomic E-state index is 13.7. The molecule has 5 rings (SSSR count). The summed E-state index contributed by atoms with van der Waals surface area (Å²) in [6.45, 7) is 2.89. The molecule has 2 saturated carbocycles. The van der Waals surface area contributed by atoms with Crippen molar-refractivity contribution < 1.29 is 18.7 Å². The number of benzene rings is 1. The van der Waals surface area contributed by atoms with Gasteiger partial charge >= 0.3 is 5.97 Å². The van der Waals surface area contributed by atoms with E-state index in [0.717, 1.165) is 23.4 Å². The smallest absolute Gasteiger partial charge is 0.316 e. The number of fused-ring (bicyclic) bond motifs is 1. The molecule has 0 saturated heterocycles. The molecule has 2 aromatic heterocycles. The monoisotopic (exact) mass is 567 g/mol. The number of halogens is 2. The van der Waals surface area contributed by atoms with Crippen LogP contribution in [0.4, 0.5) is 9.52 Å². The van der Waals surface area contributed by atoms with Gasteiger partial charge in [0.25, 0.3) is 5.91 Å². The first-order valence-electron chi connectivity index (χ1n) is 11.4. The van der Waals surface area contributed by atoms with Crippen LogP contribution in [0.1, 0.15) is 43.0 Å². The molecule has 1 N–H and O–H groups in total. The van der Waals surface area contributed by atoms with Crippen molar-refractivity contribution in [1.82, 2.24) is 9.55 Å². The van der Waals surface area contributed by atoms with Crippen LogP contribution in [-0.2, 0) is 16.1 Å². The van der Waals surface area contributed by atoms with E-state index >= 15 is 0 Å². The third kappa shape index (κ3) is 7.05. The molecule has 34 heavy (non-hydrogen) atoms. The lowest BCUT2D eigenvalue weighted by atomic mass is 10.1. The standard InChI is InChI=1S/C20H20FN3O3S2.C4H7Br/c1-2-27-18(25)11-28-17-10-29-20(22-17)23-19(26)15-9-24(8-12-3-4-12)16-7-13(21)5-6-14(15)16;5-3-4-1-2-4/h5-7,9-10,12H,2-4,8,11H2,1H3,(H,22,23,26);4H,1-3H2. The first kappa shape index (κ1) is 25.2. The van der Waals surface area contributed by atoms with Gasteiger partial charge in [0.1, 0.15) is 10.8 Å². The summed E-state index contributed by atoms with van der Waals surface area (Å²) in [6, 6.07) is 4.49. The lowest BCUT2D eigenvalue weighted by molar-refractivity contribution is -0.139. The zero-order valence-electron chi connectivity index (χ0n) is 18.9. The number of esters is 1. The van der Waals surface area contributed by atoms with Crippen LogP contribution in [0.15, 0.2) is 34.8 Å². The second-order valence-electron chi connectivity index (χ2n) is 8.44. The molecule has 0 spiro atoms. The number of hydrogen-bond donors (Lipinski definition) is 1. The molecule has 2 aliphatic rings. The molecule has 182 valence electrons. The van der Waals surface area contributed by atoms with E-state index in [9.17, 15) is 14.0 Å². The van der Waals surface area contributed by atoms with E-state index in [0.29, 0.717) is 28.2 Å². The molecule has 10 heteroatoms. The molecule has 0 bridgehead atoms. The maximum Gasteiger partial charge on any atom is 0.316 e. The van der Waals surface area contributed by atoms with Crippen LogP contribution >= 0.6 is 39.0 Å². The molecule has 1 amide bonds. The summed E-state index contributed by atoms with van der Waals surface area (Å²) < 4.78 is 20.6. The van der Waals surface area contributed by atoms with Gasteiger partial charge in [0.2, 0.25) is 0 Å². The number of rotatable bonds is 9. The van der Waals surface area contributed by atoms with Crippen LogP contribution in [-0.4, -0.2) is 39.1 Å². The minimum Gasteiger partial charge on any atom is -0.465 e. The van der Waals surface area contributed by atoms with E-state index in [2.05, 4.69) is 26.2 Å². The Bertz CT molecular complexity index is 1160. The SMILES string of the molecule is BrCC1CC1.CCOC(=O)CSc1csc(NC(=O)c2cn(CC3CC3)c3cc(F)ccc23)n1. The van der Waals surface area contributed by atoms with Crippen molar-refractivity contribution in [1.29, 1.82) is 0 Å². The highest BCUT2D eigenvalue weighted by atomic mass is 79.9. The second kappa shape index (κ2) is 11.7. The Labute approximate surface area is 214 Å². The summed E-state index contributed by atoms with van der Waals surface area (Å²) in [5.74, 6) is 0.922. The van der Waals surface area contributed by atoms with Gasteiger partial charge in [-0.05, 0) is 62.6 Å². The molecule has 2 fully saturated rings. The summed E-state index contributed by atoms with van der Waals surface area (Å²) >= 11 is 5.93. The van der Waals surface area contributed by atoms with Gasteiger partial charge in [-0.2, -0.15) is 0 Å². The van der Waals surface area contributed by atoms with Crippen LogP contribution in [0.2, 0.25) is 0 Å². The Morgan fingerprint density at radius 2 is 2.06 bits per heavy atom. The average Bonchev–Trinajstić information content (AvgIpc) is 3.74. The number of thiazole rings is 1. The van der Waals surface area contributed by atoms with Gasteiger partial charge in [-0.3, -0.25) is 14.9 Å². The number of alkyl halides is 1. The molecule has 0 radical (unpaired) electrons. The zero-order valence-corrected chi connectivity index (χ0v) is 22.1. The van der Waals surface area contributed by atoms with E-state index in [1.807, 2.05) is 4.57 Å². The molecule has 0 aliphatic heterocycles. The predicted octanol–water partition coefficient (Wildman–Crippen LogP) is 6.35. The van der Waals surface area contributed by atoms with Crippen molar-refractivity contribution in [2.24, 2.45) is 11.8 Å². The summed E-state index contributed by atoms with van der Waals surface area (Å²) in [4.78, 5) is 28.6. The van der Waals surface area contributed by atoms with Gasteiger partial charge in [-0.15, -0.1) is 11.3 Å². The molecule has 3 aromatic rings. The fourth-order valence-corrected chi connectivity index (χ4v) is 5.53. The lowest BCUT2D eigenvalue weighted by Crippen LogP contribution is -2.11. The number of anilines is 1. The maximum atomic E-state index is 13.7. The first-order valence-corrected chi connectivity index (χ1v) is 14.3. The molecular weight excluding hydrogens is 541 g/mol. The van der Waals surface area contributed by atoms with Crippen molar-refractivity contribution in [3.8, 4) is 0 Å². The van der Waals surface area contributed by atoms with Gasteiger partial charge in [-0.25, -0.2) is 9.37 Å². The predicted molar refractivity (Wildman–Crippen MR) is 139 cm³/mol. The summed E-state index contributed by atoms with van der Waals surface area (Å²) in [5.41, 5.74) is 1.23. The zero-order chi connectivity index (χ0) is 24.1. The third-order valence-corrected chi connectivity index (χ3v) is 8.21. The van der Waals surface area contributed by atoms with E-state index < -0.39 is 0 Å². The fourth-order valence-electron chi connectivity index (χ4n) is 3.33. The highest BCUT2D eigenvalue weighted by Gasteiger charge is 2.24. The number of nitrogens with one attached hydrogen (secondary N) is 1. The second-order valence-corrected chi connectivity index (χ2v) is 10.9. The number of amides is 1. The summed E-state index contributed by atoms with van der Waals surface area (Å²) in [6.07, 6.45) is 7.06. The topological polar surface area (TPSA) is 73.2 Å². The highest BCUT2D eigenvalue weighted by Crippen LogP contribution is 2.33. The molecule has 6 nitrogen and oxygen atoms in total. The first-order chi connectivity index (χ1) is 16.5. The minimum atomic E-state index is -0.317. The minimum absolute atomic E-state index is 0.172. The van der Waals surface area contributed by atoms with E-state index in [1.165, 1.54) is 66.2 Å². The van der Waals surface area contributed by atoms with E-state index in [1.54, 1.807) is 24.6 Å². The van der Waals surface area contributed by atoms with Crippen molar-refractivity contribution >= 4 is 66.9 Å².